The summed E-state index contributed by atoms with van der Waals surface area (Å²) in [6.45, 7) is 0.527. The number of fused-ring (bicyclic) bond motifs is 1. The first kappa shape index (κ1) is 8.12. The minimum absolute atomic E-state index is 0.163. The molecular weight excluding hydrogens is 186 g/mol. The summed E-state index contributed by atoms with van der Waals surface area (Å²) in [6.07, 6.45) is -0.163. The Kier molecular flexibility index (Phi) is 1.53. The van der Waals surface area contributed by atoms with E-state index in [-0.39, 0.29) is 6.10 Å². The summed E-state index contributed by atoms with van der Waals surface area (Å²) in [6, 6.07) is 6.86. The molecule has 0 spiro atoms. The zero-order chi connectivity index (χ0) is 9.71. The van der Waals surface area contributed by atoms with Crippen LogP contribution in [0.4, 0.5) is 8.78 Å². The highest BCUT2D eigenvalue weighted by molar-refractivity contribution is 5.72. The number of ether oxygens (including phenoxy) is 1. The maximum Gasteiger partial charge on any atom is 0.162 e. The maximum absolute atomic E-state index is 13.5. The van der Waals surface area contributed by atoms with Crippen molar-refractivity contribution < 1.29 is 13.5 Å². The lowest BCUT2D eigenvalue weighted by molar-refractivity contribution is 0.369. The summed E-state index contributed by atoms with van der Waals surface area (Å²) in [5.41, 5.74) is 1.09. The van der Waals surface area contributed by atoms with Crippen molar-refractivity contribution in [3.63, 3.8) is 0 Å². The van der Waals surface area contributed by atoms with E-state index in [0.717, 1.165) is 0 Å². The molecule has 0 N–H and O–H groups in total. The quantitative estimate of drug-likeness (QED) is 0.626. The fraction of sp³-hybridized carbons (Fsp3) is 0.273. The van der Waals surface area contributed by atoms with Gasteiger partial charge in [-0.3, -0.25) is 0 Å². The number of hydrogen-bond acceptors (Lipinski definition) is 1. The molecule has 3 heteroatoms. The Morgan fingerprint density at radius 1 is 1.21 bits per heavy atom. The van der Waals surface area contributed by atoms with Crippen molar-refractivity contribution in [1.29, 1.82) is 0 Å². The van der Waals surface area contributed by atoms with Crippen LogP contribution in [0.1, 0.15) is 17.0 Å². The number of halogens is 2. The number of benzene rings is 1. The highest BCUT2D eigenvalue weighted by Gasteiger charge is 2.43. The second-order valence-electron chi connectivity index (χ2n) is 3.60. The fourth-order valence-corrected chi connectivity index (χ4v) is 1.98. The van der Waals surface area contributed by atoms with Crippen LogP contribution < -0.4 is 0 Å². The van der Waals surface area contributed by atoms with Crippen molar-refractivity contribution in [2.75, 3.05) is 6.61 Å². The van der Waals surface area contributed by atoms with Gasteiger partial charge in [0.2, 0.25) is 0 Å². The van der Waals surface area contributed by atoms with Crippen molar-refractivity contribution in [2.24, 2.45) is 0 Å². The summed E-state index contributed by atoms with van der Waals surface area (Å²) >= 11 is 0. The molecule has 1 aromatic rings. The lowest BCUT2D eigenvalue weighted by Crippen LogP contribution is -2.03. The topological polar surface area (TPSA) is 12.5 Å². The smallest absolute Gasteiger partial charge is 0.162 e. The van der Waals surface area contributed by atoms with E-state index in [9.17, 15) is 8.78 Å². The Hall–Kier alpha value is -1.22. The Morgan fingerprint density at radius 3 is 2.64 bits per heavy atom. The largest absolute Gasteiger partial charge is 0.372 e. The monoisotopic (exact) mass is 194 g/mol. The molecule has 1 fully saturated rings. The molecule has 3 rings (SSSR count). The van der Waals surface area contributed by atoms with E-state index in [1.807, 2.05) is 0 Å². The van der Waals surface area contributed by atoms with Gasteiger partial charge >= 0.3 is 0 Å². The van der Waals surface area contributed by atoms with Crippen LogP contribution in [0.15, 0.2) is 30.1 Å². The lowest BCUT2D eigenvalue weighted by Gasteiger charge is -2.06. The minimum Gasteiger partial charge on any atom is -0.372 e. The van der Waals surface area contributed by atoms with Crippen LogP contribution in [-0.4, -0.2) is 12.7 Å². The van der Waals surface area contributed by atoms with Gasteiger partial charge in [-0.2, -0.15) is 0 Å². The summed E-state index contributed by atoms with van der Waals surface area (Å²) in [7, 11) is 0. The molecule has 0 radical (unpaired) electrons. The first-order valence-electron chi connectivity index (χ1n) is 4.55. The molecule has 2 aliphatic rings. The molecule has 2 unspecified atom stereocenters. The van der Waals surface area contributed by atoms with Crippen LogP contribution in [0.3, 0.4) is 0 Å². The van der Waals surface area contributed by atoms with Crippen molar-refractivity contribution in [1.82, 2.24) is 0 Å². The normalized spacial score (nSPS) is 29.3. The molecule has 1 aliphatic heterocycles. The van der Waals surface area contributed by atoms with Crippen molar-refractivity contribution in [3.05, 3.63) is 41.2 Å². The third kappa shape index (κ3) is 0.960. The van der Waals surface area contributed by atoms with E-state index in [0.29, 0.717) is 17.7 Å². The third-order valence-electron chi connectivity index (χ3n) is 2.75. The highest BCUT2D eigenvalue weighted by Crippen LogP contribution is 2.48. The van der Waals surface area contributed by atoms with Gasteiger partial charge in [-0.1, -0.05) is 24.3 Å². The van der Waals surface area contributed by atoms with Crippen molar-refractivity contribution >= 4 is 5.83 Å². The predicted octanol–water partition coefficient (Wildman–Crippen LogP) is 2.79. The second kappa shape index (κ2) is 2.64. The Bertz CT molecular complexity index is 421. The van der Waals surface area contributed by atoms with Crippen LogP contribution in [0.2, 0.25) is 0 Å². The standard InChI is InChI=1S/C11H8F2O/c12-10-7-4-2-1-3-6(7)9(11(10)13)8-5-14-8/h1-4,8-9H,5H2. The minimum atomic E-state index is -0.721. The molecular formula is C11H8F2O. The summed E-state index contributed by atoms with van der Waals surface area (Å²) in [4.78, 5) is 0. The van der Waals surface area contributed by atoms with E-state index >= 15 is 0 Å². The SMILES string of the molecule is FC1=C(F)C(C2CO2)c2ccccc21. The van der Waals surface area contributed by atoms with Gasteiger partial charge in [0, 0.05) is 5.56 Å². The number of hydrogen-bond donors (Lipinski definition) is 0. The van der Waals surface area contributed by atoms with Gasteiger partial charge < -0.3 is 4.74 Å². The van der Waals surface area contributed by atoms with E-state index in [4.69, 9.17) is 4.74 Å². The zero-order valence-electron chi connectivity index (χ0n) is 7.34. The van der Waals surface area contributed by atoms with Gasteiger partial charge in [0.25, 0.3) is 0 Å². The molecule has 0 bridgehead atoms. The molecule has 1 saturated heterocycles. The van der Waals surface area contributed by atoms with Gasteiger partial charge in [-0.25, -0.2) is 8.78 Å². The van der Waals surface area contributed by atoms with Crippen LogP contribution in [0.5, 0.6) is 0 Å². The Labute approximate surface area is 80.0 Å². The molecule has 0 aromatic heterocycles. The Balaban J connectivity index is 2.16. The molecule has 0 amide bonds. The molecule has 1 nitrogen and oxygen atoms in total. The van der Waals surface area contributed by atoms with Crippen LogP contribution in [-0.2, 0) is 4.74 Å². The van der Waals surface area contributed by atoms with Crippen LogP contribution in [0, 0.1) is 0 Å². The summed E-state index contributed by atoms with van der Waals surface area (Å²) in [5, 5.41) is 0. The van der Waals surface area contributed by atoms with Crippen molar-refractivity contribution in [3.8, 4) is 0 Å². The Morgan fingerprint density at radius 2 is 1.93 bits per heavy atom. The zero-order valence-corrected chi connectivity index (χ0v) is 7.34. The highest BCUT2D eigenvalue weighted by atomic mass is 19.2. The lowest BCUT2D eigenvalue weighted by atomic mass is 9.97. The molecule has 1 aliphatic carbocycles. The van der Waals surface area contributed by atoms with E-state index < -0.39 is 17.6 Å². The van der Waals surface area contributed by atoms with Gasteiger partial charge in [-0.15, -0.1) is 0 Å². The third-order valence-corrected chi connectivity index (χ3v) is 2.75. The summed E-state index contributed by atoms with van der Waals surface area (Å²) in [5.74, 6) is -1.90. The van der Waals surface area contributed by atoms with E-state index in [2.05, 4.69) is 0 Å². The fourth-order valence-electron chi connectivity index (χ4n) is 1.98. The van der Waals surface area contributed by atoms with Gasteiger partial charge in [0.15, 0.2) is 5.83 Å². The van der Waals surface area contributed by atoms with Crippen molar-refractivity contribution in [2.45, 2.75) is 12.0 Å². The molecule has 2 atom stereocenters. The molecule has 14 heavy (non-hydrogen) atoms. The van der Waals surface area contributed by atoms with Gasteiger partial charge in [-0.05, 0) is 5.56 Å². The molecule has 1 heterocycles. The average molecular weight is 194 g/mol. The average Bonchev–Trinajstić information content (AvgIpc) is 2.99. The van der Waals surface area contributed by atoms with Crippen LogP contribution in [0.25, 0.3) is 5.83 Å². The molecule has 1 aromatic carbocycles. The van der Waals surface area contributed by atoms with Gasteiger partial charge in [0.05, 0.1) is 18.6 Å². The van der Waals surface area contributed by atoms with E-state index in [1.54, 1.807) is 24.3 Å². The first-order valence-corrected chi connectivity index (χ1v) is 4.55. The summed E-state index contributed by atoms with van der Waals surface area (Å²) < 4.78 is 31.9. The number of rotatable bonds is 1. The molecule has 72 valence electrons. The predicted molar refractivity (Wildman–Crippen MR) is 48.1 cm³/mol. The van der Waals surface area contributed by atoms with Crippen LogP contribution >= 0.6 is 0 Å². The molecule has 0 saturated carbocycles. The number of epoxide rings is 1. The van der Waals surface area contributed by atoms with E-state index in [1.165, 1.54) is 0 Å². The first-order chi connectivity index (χ1) is 6.79. The second-order valence-corrected chi connectivity index (χ2v) is 3.60. The maximum atomic E-state index is 13.5. The van der Waals surface area contributed by atoms with Gasteiger partial charge in [0.1, 0.15) is 5.83 Å².